The van der Waals surface area contributed by atoms with Gasteiger partial charge in [-0.15, -0.1) is 0 Å². The molecule has 1 atom stereocenters. The van der Waals surface area contributed by atoms with Gasteiger partial charge in [0.15, 0.2) is 0 Å². The van der Waals surface area contributed by atoms with Crippen molar-refractivity contribution in [2.24, 2.45) is 5.73 Å². The second-order valence-electron chi connectivity index (χ2n) is 6.15. The number of carbonyl (C=O) groups is 3. The van der Waals surface area contributed by atoms with Gasteiger partial charge in [0.25, 0.3) is 0 Å². The number of halogens is 2. The molecule has 1 aliphatic rings. The van der Waals surface area contributed by atoms with E-state index in [1.165, 1.54) is 24.3 Å². The van der Waals surface area contributed by atoms with Gasteiger partial charge in [-0.1, -0.05) is 23.7 Å². The number of nitrogens with zero attached hydrogens (tertiary/aromatic N) is 1. The van der Waals surface area contributed by atoms with Crippen molar-refractivity contribution in [2.75, 3.05) is 4.90 Å². The third-order valence-electron chi connectivity index (χ3n) is 4.38. The van der Waals surface area contributed by atoms with Gasteiger partial charge in [-0.25, -0.2) is 9.18 Å². The monoisotopic (exact) mass is 404 g/mol. The summed E-state index contributed by atoms with van der Waals surface area (Å²) in [5, 5.41) is 19.7. The number of hydrogen-bond acceptors (Lipinski definition) is 4. The topological polar surface area (TPSA) is 121 Å². The highest BCUT2D eigenvalue weighted by Crippen LogP contribution is 2.39. The van der Waals surface area contributed by atoms with Crippen LogP contribution < -0.4 is 10.6 Å². The van der Waals surface area contributed by atoms with Gasteiger partial charge in [0, 0.05) is 18.5 Å². The number of aliphatic carboxylic acids is 1. The van der Waals surface area contributed by atoms with Crippen LogP contribution in [0, 0.1) is 5.82 Å². The smallest absolute Gasteiger partial charge is 0.333 e. The Morgan fingerprint density at radius 2 is 1.96 bits per heavy atom. The fourth-order valence-electron chi connectivity index (χ4n) is 3.05. The number of hydrogen-bond donors (Lipinski definition) is 3. The molecule has 0 fully saturated rings. The van der Waals surface area contributed by atoms with Gasteiger partial charge in [0.1, 0.15) is 11.6 Å². The zero-order valence-electron chi connectivity index (χ0n) is 14.2. The lowest BCUT2D eigenvalue weighted by Gasteiger charge is -2.30. The van der Waals surface area contributed by atoms with E-state index in [0.29, 0.717) is 5.56 Å². The molecular weight excluding hydrogens is 391 g/mol. The normalized spacial score (nSPS) is 16.6. The third-order valence-corrected chi connectivity index (χ3v) is 4.69. The second-order valence-corrected chi connectivity index (χ2v) is 6.56. The molecule has 144 valence electrons. The summed E-state index contributed by atoms with van der Waals surface area (Å²) in [6, 6.07) is 7.48. The second kappa shape index (κ2) is 7.32. The van der Waals surface area contributed by atoms with E-state index in [1.807, 2.05) is 0 Å². The molecule has 1 heterocycles. The molecule has 0 aliphatic carbocycles. The fourth-order valence-corrected chi connectivity index (χ4v) is 3.30. The summed E-state index contributed by atoms with van der Waals surface area (Å²) in [7, 11) is 0. The lowest BCUT2D eigenvalue weighted by molar-refractivity contribution is -0.133. The van der Waals surface area contributed by atoms with Crippen LogP contribution in [0.15, 0.2) is 48.2 Å². The molecule has 2 aromatic carbocycles. The van der Waals surface area contributed by atoms with Gasteiger partial charge >= 0.3 is 5.97 Å². The molecule has 0 bridgehead atoms. The predicted molar refractivity (Wildman–Crippen MR) is 98.6 cm³/mol. The van der Waals surface area contributed by atoms with Crippen LogP contribution in [-0.2, 0) is 9.59 Å². The Labute approximate surface area is 163 Å². The Morgan fingerprint density at radius 3 is 2.57 bits per heavy atom. The predicted octanol–water partition coefficient (Wildman–Crippen LogP) is 2.77. The maximum atomic E-state index is 13.5. The van der Waals surface area contributed by atoms with E-state index < -0.39 is 35.3 Å². The summed E-state index contributed by atoms with van der Waals surface area (Å²) in [4.78, 5) is 36.7. The van der Waals surface area contributed by atoms with Crippen molar-refractivity contribution in [3.05, 3.63) is 70.1 Å². The van der Waals surface area contributed by atoms with Gasteiger partial charge in [0.05, 0.1) is 21.8 Å². The fraction of sp³-hybridized carbons (Fsp3) is 0.105. The standard InChI is InChI=1S/C19H14ClFN2O5/c20-14-7-15(16(24)5-12(14)18(22)26)23-8-13(19(27)28)11(6-17(23)25)9-2-1-3-10(21)4-9/h1-5,7-8,11,24H,6H2,(H2,22,26)(H,27,28). The Morgan fingerprint density at radius 1 is 1.25 bits per heavy atom. The summed E-state index contributed by atoms with van der Waals surface area (Å²) in [5.74, 6) is -4.60. The lowest BCUT2D eigenvalue weighted by Crippen LogP contribution is -2.34. The van der Waals surface area contributed by atoms with Crippen molar-refractivity contribution in [3.63, 3.8) is 0 Å². The Kier molecular flexibility index (Phi) is 5.06. The highest BCUT2D eigenvalue weighted by atomic mass is 35.5. The number of phenols is 1. The lowest BCUT2D eigenvalue weighted by atomic mass is 9.85. The minimum Gasteiger partial charge on any atom is -0.506 e. The summed E-state index contributed by atoms with van der Waals surface area (Å²) >= 11 is 5.98. The zero-order chi connectivity index (χ0) is 20.6. The molecule has 7 nitrogen and oxygen atoms in total. The number of phenolic OH excluding ortho intramolecular Hbond substituents is 1. The molecule has 1 unspecified atom stereocenters. The third kappa shape index (κ3) is 3.54. The summed E-state index contributed by atoms with van der Waals surface area (Å²) in [6.45, 7) is 0. The SMILES string of the molecule is NC(=O)c1cc(O)c(N2C=C(C(=O)O)C(c3cccc(F)c3)CC2=O)cc1Cl. The highest BCUT2D eigenvalue weighted by Gasteiger charge is 2.34. The number of aromatic hydroxyl groups is 1. The van der Waals surface area contributed by atoms with Crippen LogP contribution in [0.3, 0.4) is 0 Å². The quantitative estimate of drug-likeness (QED) is 0.723. The van der Waals surface area contributed by atoms with Crippen molar-refractivity contribution < 1.29 is 29.0 Å². The number of benzene rings is 2. The maximum absolute atomic E-state index is 13.5. The number of anilines is 1. The Hall–Kier alpha value is -3.39. The van der Waals surface area contributed by atoms with E-state index in [-0.39, 0.29) is 28.3 Å². The van der Waals surface area contributed by atoms with Crippen LogP contribution in [0.1, 0.15) is 28.3 Å². The van der Waals surface area contributed by atoms with E-state index in [1.54, 1.807) is 0 Å². The van der Waals surface area contributed by atoms with Gasteiger partial charge in [0.2, 0.25) is 11.8 Å². The van der Waals surface area contributed by atoms with Crippen molar-refractivity contribution >= 4 is 35.1 Å². The molecule has 4 N–H and O–H groups in total. The number of carbonyl (C=O) groups excluding carboxylic acids is 2. The minimum absolute atomic E-state index is 0.101. The first-order valence-corrected chi connectivity index (χ1v) is 8.41. The van der Waals surface area contributed by atoms with Gasteiger partial charge in [-0.05, 0) is 29.8 Å². The van der Waals surface area contributed by atoms with Crippen molar-refractivity contribution in [2.45, 2.75) is 12.3 Å². The van der Waals surface area contributed by atoms with E-state index in [0.717, 1.165) is 23.2 Å². The van der Waals surface area contributed by atoms with Crippen LogP contribution >= 0.6 is 11.6 Å². The van der Waals surface area contributed by atoms with Crippen molar-refractivity contribution in [1.29, 1.82) is 0 Å². The van der Waals surface area contributed by atoms with Crippen LogP contribution in [0.25, 0.3) is 0 Å². The molecule has 9 heteroatoms. The van der Waals surface area contributed by atoms with E-state index in [9.17, 15) is 29.0 Å². The molecular formula is C19H14ClFN2O5. The first-order chi connectivity index (χ1) is 13.2. The number of rotatable bonds is 4. The molecule has 3 rings (SSSR count). The van der Waals surface area contributed by atoms with Gasteiger partial charge < -0.3 is 15.9 Å². The van der Waals surface area contributed by atoms with E-state index >= 15 is 0 Å². The minimum atomic E-state index is -1.30. The summed E-state index contributed by atoms with van der Waals surface area (Å²) < 4.78 is 13.5. The molecule has 0 saturated heterocycles. The molecule has 2 aromatic rings. The van der Waals surface area contributed by atoms with Crippen LogP contribution in [-0.4, -0.2) is 28.0 Å². The molecule has 2 amide bonds. The van der Waals surface area contributed by atoms with Crippen molar-refractivity contribution in [3.8, 4) is 5.75 Å². The van der Waals surface area contributed by atoms with Crippen LogP contribution in [0.2, 0.25) is 5.02 Å². The Bertz CT molecular complexity index is 1040. The summed E-state index contributed by atoms with van der Waals surface area (Å²) in [6.07, 6.45) is 0.787. The Balaban J connectivity index is 2.09. The summed E-state index contributed by atoms with van der Waals surface area (Å²) in [5.41, 5.74) is 5.09. The number of amides is 2. The van der Waals surface area contributed by atoms with Crippen LogP contribution in [0.4, 0.5) is 10.1 Å². The molecule has 0 radical (unpaired) electrons. The first-order valence-electron chi connectivity index (χ1n) is 8.04. The first kappa shape index (κ1) is 19.4. The molecule has 0 aromatic heterocycles. The number of carboxylic acids is 1. The molecule has 1 aliphatic heterocycles. The largest absolute Gasteiger partial charge is 0.506 e. The average molecular weight is 405 g/mol. The number of carboxylic acid groups (broad SMARTS) is 1. The van der Waals surface area contributed by atoms with Gasteiger partial charge in [-0.3, -0.25) is 14.5 Å². The van der Waals surface area contributed by atoms with Crippen LogP contribution in [0.5, 0.6) is 5.75 Å². The molecule has 0 spiro atoms. The van der Waals surface area contributed by atoms with Gasteiger partial charge in [-0.2, -0.15) is 0 Å². The highest BCUT2D eigenvalue weighted by molar-refractivity contribution is 6.34. The van der Waals surface area contributed by atoms with E-state index in [2.05, 4.69) is 0 Å². The average Bonchev–Trinajstić information content (AvgIpc) is 2.62. The number of nitrogens with two attached hydrogens (primary N) is 1. The van der Waals surface area contributed by atoms with E-state index in [4.69, 9.17) is 17.3 Å². The van der Waals surface area contributed by atoms with Crippen molar-refractivity contribution in [1.82, 2.24) is 0 Å². The zero-order valence-corrected chi connectivity index (χ0v) is 15.0. The molecule has 28 heavy (non-hydrogen) atoms. The molecule has 0 saturated carbocycles. The maximum Gasteiger partial charge on any atom is 0.333 e. The number of primary amides is 1.